The summed E-state index contributed by atoms with van der Waals surface area (Å²) in [5.41, 5.74) is 1.05. The predicted molar refractivity (Wildman–Crippen MR) is 68.0 cm³/mol. The molecule has 90 valence electrons. The van der Waals surface area contributed by atoms with E-state index in [1.807, 2.05) is 6.07 Å². The maximum absolute atomic E-state index is 5.51. The number of nitrogens with zero attached hydrogens (tertiary/aromatic N) is 2. The van der Waals surface area contributed by atoms with Crippen LogP contribution in [0.5, 0.6) is 0 Å². The van der Waals surface area contributed by atoms with Crippen LogP contribution >= 0.6 is 11.3 Å². The molecule has 0 aromatic carbocycles. The number of rotatable bonds is 3. The van der Waals surface area contributed by atoms with E-state index in [0.29, 0.717) is 0 Å². The van der Waals surface area contributed by atoms with Gasteiger partial charge in [0.15, 0.2) is 12.2 Å². The van der Waals surface area contributed by atoms with Crippen LogP contribution in [0.25, 0.3) is 10.6 Å². The molecule has 0 saturated carbocycles. The third-order valence-corrected chi connectivity index (χ3v) is 3.84. The van der Waals surface area contributed by atoms with Gasteiger partial charge in [-0.3, -0.25) is 4.90 Å². The molecular formula is C12H15N3OS. The number of hydrogen-bond acceptors (Lipinski definition) is 5. The molecule has 0 bridgehead atoms. The molecule has 0 spiro atoms. The number of thiophene rings is 1. The van der Waals surface area contributed by atoms with Gasteiger partial charge in [-0.25, -0.2) is 4.98 Å². The highest BCUT2D eigenvalue weighted by Crippen LogP contribution is 2.28. The topological polar surface area (TPSA) is 41.3 Å². The first-order valence-electron chi connectivity index (χ1n) is 5.83. The lowest BCUT2D eigenvalue weighted by Gasteiger charge is -2.26. The van der Waals surface area contributed by atoms with Crippen molar-refractivity contribution in [3.8, 4) is 10.6 Å². The fourth-order valence-electron chi connectivity index (χ4n) is 2.07. The van der Waals surface area contributed by atoms with Crippen LogP contribution in [-0.4, -0.2) is 36.1 Å². The molecule has 4 nitrogen and oxygen atoms in total. The van der Waals surface area contributed by atoms with E-state index in [4.69, 9.17) is 4.42 Å². The highest BCUT2D eigenvalue weighted by Gasteiger charge is 2.16. The third kappa shape index (κ3) is 2.41. The van der Waals surface area contributed by atoms with Crippen molar-refractivity contribution < 1.29 is 4.42 Å². The molecule has 1 aliphatic heterocycles. The third-order valence-electron chi connectivity index (χ3n) is 2.97. The Labute approximate surface area is 104 Å². The van der Waals surface area contributed by atoms with Crippen molar-refractivity contribution >= 4 is 11.3 Å². The quantitative estimate of drug-likeness (QED) is 0.900. The number of oxazole rings is 1. The number of hydrogen-bond donors (Lipinski definition) is 1. The summed E-state index contributed by atoms with van der Waals surface area (Å²) in [7, 11) is 0. The highest BCUT2D eigenvalue weighted by molar-refractivity contribution is 7.13. The monoisotopic (exact) mass is 249 g/mol. The average Bonchev–Trinajstić information content (AvgIpc) is 3.00. The van der Waals surface area contributed by atoms with Gasteiger partial charge in [-0.2, -0.15) is 0 Å². The molecule has 2 aromatic rings. The molecule has 0 radical (unpaired) electrons. The molecular weight excluding hydrogens is 234 g/mol. The van der Waals surface area contributed by atoms with Crippen molar-refractivity contribution in [3.05, 3.63) is 29.6 Å². The Morgan fingerprint density at radius 3 is 3.06 bits per heavy atom. The van der Waals surface area contributed by atoms with Crippen LogP contribution in [0.15, 0.2) is 28.3 Å². The van der Waals surface area contributed by atoms with Crippen LogP contribution in [0, 0.1) is 0 Å². The Morgan fingerprint density at radius 2 is 2.29 bits per heavy atom. The molecule has 1 N–H and O–H groups in total. The second kappa shape index (κ2) is 5.00. The zero-order chi connectivity index (χ0) is 11.5. The summed E-state index contributed by atoms with van der Waals surface area (Å²) < 4.78 is 5.51. The van der Waals surface area contributed by atoms with Gasteiger partial charge in [0.25, 0.3) is 0 Å². The molecule has 5 heteroatoms. The van der Waals surface area contributed by atoms with Gasteiger partial charge in [0.2, 0.25) is 0 Å². The van der Waals surface area contributed by atoms with E-state index in [1.165, 1.54) is 0 Å². The van der Waals surface area contributed by atoms with Crippen molar-refractivity contribution in [2.45, 2.75) is 6.54 Å². The summed E-state index contributed by atoms with van der Waals surface area (Å²) in [6.45, 7) is 5.16. The van der Waals surface area contributed by atoms with Crippen molar-refractivity contribution in [2.75, 3.05) is 26.2 Å². The first-order valence-corrected chi connectivity index (χ1v) is 6.71. The van der Waals surface area contributed by atoms with E-state index in [0.717, 1.165) is 49.1 Å². The normalized spacial score (nSPS) is 17.4. The smallest absolute Gasteiger partial charge is 0.181 e. The summed E-state index contributed by atoms with van der Waals surface area (Å²) in [6.07, 6.45) is 1.55. The van der Waals surface area contributed by atoms with Gasteiger partial charge in [-0.05, 0) is 11.4 Å². The summed E-state index contributed by atoms with van der Waals surface area (Å²) >= 11 is 1.69. The SMILES string of the molecule is c1csc(-c2ocnc2CN2CCNCC2)c1. The highest BCUT2D eigenvalue weighted by atomic mass is 32.1. The Kier molecular flexibility index (Phi) is 3.22. The molecule has 0 atom stereocenters. The predicted octanol–water partition coefficient (Wildman–Crippen LogP) is 1.81. The molecule has 2 aromatic heterocycles. The first-order chi connectivity index (χ1) is 8.43. The van der Waals surface area contributed by atoms with Gasteiger partial charge in [0.1, 0.15) is 5.69 Å². The van der Waals surface area contributed by atoms with E-state index >= 15 is 0 Å². The zero-order valence-corrected chi connectivity index (χ0v) is 10.4. The maximum atomic E-state index is 5.51. The molecule has 3 heterocycles. The summed E-state index contributed by atoms with van der Waals surface area (Å²) in [4.78, 5) is 7.91. The molecule has 1 aliphatic rings. The zero-order valence-electron chi connectivity index (χ0n) is 9.56. The number of piperazine rings is 1. The van der Waals surface area contributed by atoms with Crippen LogP contribution in [0.1, 0.15) is 5.69 Å². The van der Waals surface area contributed by atoms with E-state index < -0.39 is 0 Å². The second-order valence-corrected chi connectivity index (χ2v) is 5.08. The van der Waals surface area contributed by atoms with Gasteiger partial charge in [0.05, 0.1) is 4.88 Å². The van der Waals surface area contributed by atoms with Crippen molar-refractivity contribution in [1.29, 1.82) is 0 Å². The lowest BCUT2D eigenvalue weighted by atomic mass is 10.2. The van der Waals surface area contributed by atoms with Crippen LogP contribution in [0.4, 0.5) is 0 Å². The Hall–Kier alpha value is -1.17. The number of aromatic nitrogens is 1. The van der Waals surface area contributed by atoms with Gasteiger partial charge in [-0.1, -0.05) is 6.07 Å². The molecule has 1 saturated heterocycles. The Bertz CT molecular complexity index is 460. The molecule has 17 heavy (non-hydrogen) atoms. The van der Waals surface area contributed by atoms with Gasteiger partial charge in [-0.15, -0.1) is 11.3 Å². The van der Waals surface area contributed by atoms with E-state index in [-0.39, 0.29) is 0 Å². The fourth-order valence-corrected chi connectivity index (χ4v) is 2.80. The van der Waals surface area contributed by atoms with E-state index in [2.05, 4.69) is 26.6 Å². The van der Waals surface area contributed by atoms with Gasteiger partial charge < -0.3 is 9.73 Å². The van der Waals surface area contributed by atoms with Gasteiger partial charge in [0, 0.05) is 32.7 Å². The van der Waals surface area contributed by atoms with Crippen LogP contribution in [0.3, 0.4) is 0 Å². The molecule has 0 amide bonds. The van der Waals surface area contributed by atoms with E-state index in [9.17, 15) is 0 Å². The lowest BCUT2D eigenvalue weighted by molar-refractivity contribution is 0.231. The summed E-state index contributed by atoms with van der Waals surface area (Å²) in [5.74, 6) is 0.929. The molecule has 3 rings (SSSR count). The first kappa shape index (κ1) is 11.0. The Morgan fingerprint density at radius 1 is 1.41 bits per heavy atom. The second-order valence-electron chi connectivity index (χ2n) is 4.13. The minimum absolute atomic E-state index is 0.880. The maximum Gasteiger partial charge on any atom is 0.181 e. The molecule has 0 unspecified atom stereocenters. The van der Waals surface area contributed by atoms with Crippen LogP contribution in [-0.2, 0) is 6.54 Å². The van der Waals surface area contributed by atoms with E-state index in [1.54, 1.807) is 17.7 Å². The van der Waals surface area contributed by atoms with Crippen molar-refractivity contribution in [2.24, 2.45) is 0 Å². The largest absolute Gasteiger partial charge is 0.442 e. The summed E-state index contributed by atoms with van der Waals surface area (Å²) in [5, 5.41) is 5.41. The minimum atomic E-state index is 0.880. The molecule has 1 fully saturated rings. The minimum Gasteiger partial charge on any atom is -0.442 e. The Balaban J connectivity index is 1.77. The fraction of sp³-hybridized carbons (Fsp3) is 0.417. The average molecular weight is 249 g/mol. The lowest BCUT2D eigenvalue weighted by Crippen LogP contribution is -2.43. The summed E-state index contributed by atoms with van der Waals surface area (Å²) in [6, 6.07) is 4.11. The molecule has 0 aliphatic carbocycles. The number of nitrogens with one attached hydrogen (secondary N) is 1. The van der Waals surface area contributed by atoms with Crippen molar-refractivity contribution in [1.82, 2.24) is 15.2 Å². The van der Waals surface area contributed by atoms with Gasteiger partial charge >= 0.3 is 0 Å². The standard InChI is InChI=1S/C12H15N3OS/c1-2-11(17-7-1)12-10(14-9-16-12)8-15-5-3-13-4-6-15/h1-2,7,9,13H,3-6,8H2. The van der Waals surface area contributed by atoms with Crippen LogP contribution < -0.4 is 5.32 Å². The van der Waals surface area contributed by atoms with Crippen LogP contribution in [0.2, 0.25) is 0 Å². The van der Waals surface area contributed by atoms with Crippen molar-refractivity contribution in [3.63, 3.8) is 0 Å².